The Bertz CT molecular complexity index is 1120. The molecule has 4 rings (SSSR count). The molecule has 0 aromatic heterocycles. The molecule has 0 aliphatic carbocycles. The molecular weight excluding hydrogens is 362 g/mol. The van der Waals surface area contributed by atoms with Gasteiger partial charge in [-0.1, -0.05) is 91.3 Å². The molecule has 2 heteroatoms. The quantitative estimate of drug-likeness (QED) is 0.333. The van der Waals surface area contributed by atoms with Gasteiger partial charge in [0.05, 0.1) is 0 Å². The third-order valence-corrected chi connectivity index (χ3v) is 5.00. The second kappa shape index (κ2) is 8.40. The maximum absolute atomic E-state index is 14.8. The highest BCUT2D eigenvalue weighted by atomic mass is 19.1. The van der Waals surface area contributed by atoms with Crippen molar-refractivity contribution in [1.82, 2.24) is 0 Å². The molecule has 0 saturated heterocycles. The number of benzene rings is 4. The van der Waals surface area contributed by atoms with Crippen molar-refractivity contribution in [3.8, 4) is 33.4 Å². The van der Waals surface area contributed by atoms with Crippen LogP contribution in [0.3, 0.4) is 0 Å². The van der Waals surface area contributed by atoms with Crippen LogP contribution in [-0.2, 0) is 0 Å². The zero-order valence-corrected chi connectivity index (χ0v) is 15.8. The molecule has 146 valence electrons. The molecule has 0 aliphatic rings. The van der Waals surface area contributed by atoms with Crippen LogP contribution in [0.2, 0.25) is 0 Å². The van der Waals surface area contributed by atoms with Crippen molar-refractivity contribution in [1.29, 1.82) is 0 Å². The summed E-state index contributed by atoms with van der Waals surface area (Å²) >= 11 is 0. The fraction of sp³-hybridized carbons (Fsp3) is 0.111. The van der Waals surface area contributed by atoms with Gasteiger partial charge in [0.25, 0.3) is 0 Å². The van der Waals surface area contributed by atoms with E-state index in [1.807, 2.05) is 68.4 Å². The molecule has 0 amide bonds. The highest BCUT2D eigenvalue weighted by Gasteiger charge is 2.11. The minimum Gasteiger partial charge on any atom is -0.206 e. The standard InChI is InChI=1S/C26H20F2.CH4/c1-17-3-7-19(8-4-17)21-11-13-24(25(27)15-21)22-12-14-23(26(28)16-22)20-9-5-18(2)6-10-20;/h3-16H,1-2H3;1H4. The summed E-state index contributed by atoms with van der Waals surface area (Å²) in [6, 6.07) is 25.6. The topological polar surface area (TPSA) is 0 Å². The molecule has 0 unspecified atom stereocenters. The molecule has 0 fully saturated rings. The summed E-state index contributed by atoms with van der Waals surface area (Å²) in [5.41, 5.74) is 6.29. The van der Waals surface area contributed by atoms with Gasteiger partial charge < -0.3 is 0 Å². The van der Waals surface area contributed by atoms with Gasteiger partial charge in [-0.2, -0.15) is 0 Å². The van der Waals surface area contributed by atoms with E-state index in [2.05, 4.69) is 0 Å². The van der Waals surface area contributed by atoms with E-state index in [4.69, 9.17) is 0 Å². The number of hydrogen-bond acceptors (Lipinski definition) is 0. The lowest BCUT2D eigenvalue weighted by Crippen LogP contribution is -1.90. The van der Waals surface area contributed by atoms with Gasteiger partial charge in [-0.3, -0.25) is 0 Å². The summed E-state index contributed by atoms with van der Waals surface area (Å²) in [6.45, 7) is 4.01. The van der Waals surface area contributed by atoms with E-state index in [0.717, 1.165) is 27.8 Å². The minimum atomic E-state index is -0.361. The Hall–Kier alpha value is -3.26. The number of halogens is 2. The van der Waals surface area contributed by atoms with Gasteiger partial charge in [-0.15, -0.1) is 0 Å². The van der Waals surface area contributed by atoms with Crippen molar-refractivity contribution < 1.29 is 8.78 Å². The Balaban J connectivity index is 0.00000240. The number of aryl methyl sites for hydroxylation is 2. The van der Waals surface area contributed by atoms with E-state index in [1.54, 1.807) is 18.2 Å². The van der Waals surface area contributed by atoms with Gasteiger partial charge in [-0.25, -0.2) is 8.78 Å². The first-order chi connectivity index (χ1) is 13.5. The van der Waals surface area contributed by atoms with E-state index in [9.17, 15) is 8.78 Å². The van der Waals surface area contributed by atoms with Crippen LogP contribution in [0.4, 0.5) is 8.78 Å². The lowest BCUT2D eigenvalue weighted by Gasteiger charge is -2.10. The van der Waals surface area contributed by atoms with Gasteiger partial charge in [0.1, 0.15) is 11.6 Å². The average Bonchev–Trinajstić information content (AvgIpc) is 2.69. The van der Waals surface area contributed by atoms with Crippen LogP contribution >= 0.6 is 0 Å². The first-order valence-electron chi connectivity index (χ1n) is 9.25. The molecule has 0 radical (unpaired) electrons. The maximum Gasteiger partial charge on any atom is 0.131 e. The van der Waals surface area contributed by atoms with E-state index in [0.29, 0.717) is 16.7 Å². The van der Waals surface area contributed by atoms with Crippen molar-refractivity contribution in [2.24, 2.45) is 0 Å². The molecule has 4 aromatic rings. The highest BCUT2D eigenvalue weighted by Crippen LogP contribution is 2.31. The van der Waals surface area contributed by atoms with Crippen molar-refractivity contribution in [2.45, 2.75) is 21.3 Å². The maximum atomic E-state index is 14.8. The van der Waals surface area contributed by atoms with Gasteiger partial charge in [0.15, 0.2) is 0 Å². The summed E-state index contributed by atoms with van der Waals surface area (Å²) in [4.78, 5) is 0. The summed E-state index contributed by atoms with van der Waals surface area (Å²) in [5.74, 6) is -0.719. The third-order valence-electron chi connectivity index (χ3n) is 5.00. The predicted octanol–water partition coefficient (Wildman–Crippen LogP) is 8.22. The molecule has 0 spiro atoms. The van der Waals surface area contributed by atoms with Gasteiger partial charge >= 0.3 is 0 Å². The van der Waals surface area contributed by atoms with E-state index in [1.165, 1.54) is 12.1 Å². The van der Waals surface area contributed by atoms with Crippen LogP contribution in [0.15, 0.2) is 84.9 Å². The van der Waals surface area contributed by atoms with Crippen LogP contribution < -0.4 is 0 Å². The normalized spacial score (nSPS) is 10.5. The Morgan fingerprint density at radius 3 is 1.34 bits per heavy atom. The largest absolute Gasteiger partial charge is 0.206 e. The summed E-state index contributed by atoms with van der Waals surface area (Å²) < 4.78 is 29.5. The Labute approximate surface area is 171 Å². The van der Waals surface area contributed by atoms with Crippen LogP contribution in [0, 0.1) is 25.5 Å². The van der Waals surface area contributed by atoms with Crippen molar-refractivity contribution in [3.05, 3.63) is 108 Å². The third kappa shape index (κ3) is 4.27. The fourth-order valence-corrected chi connectivity index (χ4v) is 3.32. The molecule has 0 heterocycles. The van der Waals surface area contributed by atoms with Crippen LogP contribution in [0.25, 0.3) is 33.4 Å². The lowest BCUT2D eigenvalue weighted by molar-refractivity contribution is 0.627. The zero-order chi connectivity index (χ0) is 19.7. The van der Waals surface area contributed by atoms with Gasteiger partial charge in [-0.05, 0) is 48.2 Å². The van der Waals surface area contributed by atoms with E-state index < -0.39 is 0 Å². The zero-order valence-electron chi connectivity index (χ0n) is 15.8. The molecule has 0 atom stereocenters. The van der Waals surface area contributed by atoms with Crippen molar-refractivity contribution >= 4 is 0 Å². The second-order valence-corrected chi connectivity index (χ2v) is 7.12. The molecular formula is C27H24F2. The molecule has 0 bridgehead atoms. The van der Waals surface area contributed by atoms with Crippen molar-refractivity contribution in [2.75, 3.05) is 0 Å². The van der Waals surface area contributed by atoms with E-state index >= 15 is 0 Å². The van der Waals surface area contributed by atoms with Gasteiger partial charge in [0.2, 0.25) is 0 Å². The molecule has 0 saturated carbocycles. The predicted molar refractivity (Wildman–Crippen MR) is 119 cm³/mol. The molecule has 29 heavy (non-hydrogen) atoms. The molecule has 4 aromatic carbocycles. The molecule has 0 aliphatic heterocycles. The minimum absolute atomic E-state index is 0. The molecule has 0 nitrogen and oxygen atoms in total. The highest BCUT2D eigenvalue weighted by molar-refractivity contribution is 5.74. The van der Waals surface area contributed by atoms with Crippen molar-refractivity contribution in [3.63, 3.8) is 0 Å². The Kier molecular flexibility index (Phi) is 5.93. The number of rotatable bonds is 3. The Morgan fingerprint density at radius 2 is 0.828 bits per heavy atom. The SMILES string of the molecule is C.Cc1ccc(-c2ccc(-c3ccc(-c4ccc(C)cc4)c(F)c3)c(F)c2)cc1. The van der Waals surface area contributed by atoms with Crippen LogP contribution in [0.5, 0.6) is 0 Å². The fourth-order valence-electron chi connectivity index (χ4n) is 3.32. The number of hydrogen-bond donors (Lipinski definition) is 0. The van der Waals surface area contributed by atoms with Gasteiger partial charge in [0, 0.05) is 11.1 Å². The smallest absolute Gasteiger partial charge is 0.131 e. The first kappa shape index (κ1) is 20.5. The van der Waals surface area contributed by atoms with Crippen LogP contribution in [0.1, 0.15) is 18.6 Å². The monoisotopic (exact) mass is 386 g/mol. The van der Waals surface area contributed by atoms with E-state index in [-0.39, 0.29) is 19.1 Å². The summed E-state index contributed by atoms with van der Waals surface area (Å²) in [5, 5.41) is 0. The Morgan fingerprint density at radius 1 is 0.448 bits per heavy atom. The first-order valence-corrected chi connectivity index (χ1v) is 9.25. The molecule has 0 N–H and O–H groups in total. The van der Waals surface area contributed by atoms with Crippen LogP contribution in [-0.4, -0.2) is 0 Å². The average molecular weight is 386 g/mol. The summed E-state index contributed by atoms with van der Waals surface area (Å²) in [7, 11) is 0. The summed E-state index contributed by atoms with van der Waals surface area (Å²) in [6.07, 6.45) is 0. The second-order valence-electron chi connectivity index (χ2n) is 7.12. The lowest BCUT2D eigenvalue weighted by atomic mass is 9.96.